The molecule has 51 heavy (non-hydrogen) atoms. The van der Waals surface area contributed by atoms with E-state index in [0.29, 0.717) is 22.3 Å². The van der Waals surface area contributed by atoms with Crippen molar-refractivity contribution in [2.75, 3.05) is 0 Å². The van der Waals surface area contributed by atoms with Crippen LogP contribution in [0.1, 0.15) is 165 Å². The van der Waals surface area contributed by atoms with Crippen molar-refractivity contribution in [2.45, 2.75) is 144 Å². The molecular formula is C47H63NO3. The third kappa shape index (κ3) is 8.71. The molecule has 0 aliphatic carbocycles. The maximum absolute atomic E-state index is 12.4. The van der Waals surface area contributed by atoms with Crippen molar-refractivity contribution in [1.29, 1.82) is 0 Å². The van der Waals surface area contributed by atoms with Crippen molar-refractivity contribution in [3.05, 3.63) is 116 Å². The van der Waals surface area contributed by atoms with E-state index in [4.69, 9.17) is 4.99 Å². The molecule has 0 aliphatic heterocycles. The molecule has 4 aromatic carbocycles. The number of rotatable bonds is 5. The normalized spacial score (nSPS) is 13.4. The summed E-state index contributed by atoms with van der Waals surface area (Å²) >= 11 is 0. The maximum Gasteiger partial charge on any atom is 0.128 e. The van der Waals surface area contributed by atoms with Gasteiger partial charge in [0.2, 0.25) is 0 Å². The van der Waals surface area contributed by atoms with Crippen LogP contribution in [0.15, 0.2) is 65.7 Å². The van der Waals surface area contributed by atoms with Gasteiger partial charge in [-0.25, -0.2) is 0 Å². The van der Waals surface area contributed by atoms with Gasteiger partial charge in [0.25, 0.3) is 0 Å². The number of hydrogen-bond acceptors (Lipinski definition) is 4. The van der Waals surface area contributed by atoms with Gasteiger partial charge in [-0.05, 0) is 80.0 Å². The number of aromatic hydroxyl groups is 3. The van der Waals surface area contributed by atoms with Crippen molar-refractivity contribution in [3.63, 3.8) is 0 Å². The molecule has 0 bridgehead atoms. The second-order valence-corrected chi connectivity index (χ2v) is 19.7. The van der Waals surface area contributed by atoms with Crippen molar-refractivity contribution in [3.8, 4) is 17.2 Å². The summed E-state index contributed by atoms with van der Waals surface area (Å²) in [7, 11) is 0. The molecule has 0 aromatic heterocycles. The predicted octanol–water partition coefficient (Wildman–Crippen LogP) is 12.5. The number of hydrogen-bond donors (Lipinski definition) is 3. The van der Waals surface area contributed by atoms with Gasteiger partial charge in [0.15, 0.2) is 0 Å². The number of aliphatic imine (C=N–C) groups is 1. The zero-order valence-corrected chi connectivity index (χ0v) is 34.2. The van der Waals surface area contributed by atoms with Crippen LogP contribution in [-0.2, 0) is 27.1 Å². The molecule has 0 amide bonds. The summed E-state index contributed by atoms with van der Waals surface area (Å²) in [5, 5.41) is 37.3. The Kier molecular flexibility index (Phi) is 10.5. The Balaban J connectivity index is 2.27. The van der Waals surface area contributed by atoms with Crippen LogP contribution in [-0.4, -0.2) is 21.5 Å². The lowest BCUT2D eigenvalue weighted by atomic mass is 9.71. The fraction of sp³-hybridized carbons (Fsp3) is 0.468. The van der Waals surface area contributed by atoms with E-state index in [-0.39, 0.29) is 44.3 Å². The highest BCUT2D eigenvalue weighted by Crippen LogP contribution is 2.51. The second-order valence-electron chi connectivity index (χ2n) is 19.7. The molecule has 0 spiro atoms. The first kappa shape index (κ1) is 39.7. The summed E-state index contributed by atoms with van der Waals surface area (Å²) in [4.78, 5) is 4.78. The van der Waals surface area contributed by atoms with Gasteiger partial charge in [0, 0.05) is 34.4 Å². The molecule has 4 heteroatoms. The van der Waals surface area contributed by atoms with Crippen molar-refractivity contribution >= 4 is 11.9 Å². The number of phenolic OH excluding ortho intramolecular Hbond substituents is 3. The first-order valence-corrected chi connectivity index (χ1v) is 18.3. The van der Waals surface area contributed by atoms with E-state index in [9.17, 15) is 15.3 Å². The molecule has 274 valence electrons. The molecule has 4 nitrogen and oxygen atoms in total. The highest BCUT2D eigenvalue weighted by Gasteiger charge is 2.35. The van der Waals surface area contributed by atoms with Crippen molar-refractivity contribution in [1.82, 2.24) is 0 Å². The summed E-state index contributed by atoms with van der Waals surface area (Å²) < 4.78 is 0. The monoisotopic (exact) mass is 689 g/mol. The molecule has 4 rings (SSSR count). The number of benzene rings is 4. The van der Waals surface area contributed by atoms with Crippen LogP contribution in [0.4, 0.5) is 5.69 Å². The third-order valence-electron chi connectivity index (χ3n) is 9.98. The van der Waals surface area contributed by atoms with E-state index in [2.05, 4.69) is 134 Å². The maximum atomic E-state index is 12.4. The van der Waals surface area contributed by atoms with Gasteiger partial charge in [-0.2, -0.15) is 0 Å². The van der Waals surface area contributed by atoms with Gasteiger partial charge in [-0.15, -0.1) is 0 Å². The highest BCUT2D eigenvalue weighted by molar-refractivity contribution is 5.87. The topological polar surface area (TPSA) is 73.1 Å². The molecule has 0 radical (unpaired) electrons. The fourth-order valence-electron chi connectivity index (χ4n) is 6.47. The van der Waals surface area contributed by atoms with Gasteiger partial charge in [-0.1, -0.05) is 152 Å². The smallest absolute Gasteiger partial charge is 0.128 e. The number of nitrogens with zero attached hydrogens (tertiary/aromatic N) is 1. The molecule has 4 aromatic rings. The minimum Gasteiger partial charge on any atom is -0.507 e. The average Bonchev–Trinajstić information content (AvgIpc) is 2.96. The van der Waals surface area contributed by atoms with E-state index < -0.39 is 5.92 Å². The standard InChI is InChI=1S/C47H63NO3/c1-28-17-19-33(20-18-28)48-27-29-21-30(43(2,3)4)22-34(40(29)49)39(35-23-31(44(5,6)7)25-37(41(35)50)46(11,12)13)36-24-32(45(8,9)10)26-38(42(36)51)47(14,15)16/h17-27,39,49-51H,1-16H3. The molecule has 0 aliphatic rings. The Bertz CT molecular complexity index is 1850. The van der Waals surface area contributed by atoms with Crippen LogP contribution in [0.2, 0.25) is 0 Å². The van der Waals surface area contributed by atoms with Gasteiger partial charge < -0.3 is 15.3 Å². The van der Waals surface area contributed by atoms with Gasteiger partial charge in [0.1, 0.15) is 17.2 Å². The van der Waals surface area contributed by atoms with E-state index in [1.165, 1.54) is 0 Å². The Morgan fingerprint density at radius 1 is 0.471 bits per heavy atom. The highest BCUT2D eigenvalue weighted by atomic mass is 16.3. The average molecular weight is 690 g/mol. The largest absolute Gasteiger partial charge is 0.507 e. The number of phenols is 3. The Morgan fingerprint density at radius 2 is 0.824 bits per heavy atom. The van der Waals surface area contributed by atoms with Crippen LogP contribution in [0.5, 0.6) is 17.2 Å². The molecule has 0 unspecified atom stereocenters. The summed E-state index contributed by atoms with van der Waals surface area (Å²) in [6.07, 6.45) is 1.73. The summed E-state index contributed by atoms with van der Waals surface area (Å²) in [5.74, 6) is -0.298. The lowest BCUT2D eigenvalue weighted by Gasteiger charge is -2.33. The lowest BCUT2D eigenvalue weighted by molar-refractivity contribution is 0.426. The molecular weight excluding hydrogens is 627 g/mol. The molecule has 0 saturated carbocycles. The van der Waals surface area contributed by atoms with Crippen LogP contribution >= 0.6 is 0 Å². The first-order chi connectivity index (χ1) is 23.1. The quantitative estimate of drug-likeness (QED) is 0.144. The zero-order valence-electron chi connectivity index (χ0n) is 34.2. The predicted molar refractivity (Wildman–Crippen MR) is 217 cm³/mol. The van der Waals surface area contributed by atoms with Crippen molar-refractivity contribution < 1.29 is 15.3 Å². The van der Waals surface area contributed by atoms with Crippen LogP contribution in [0.25, 0.3) is 0 Å². The summed E-state index contributed by atoms with van der Waals surface area (Å²) in [6, 6.07) is 20.4. The van der Waals surface area contributed by atoms with Crippen LogP contribution in [0, 0.1) is 6.92 Å². The zero-order chi connectivity index (χ0) is 38.6. The van der Waals surface area contributed by atoms with Gasteiger partial charge in [-0.3, -0.25) is 4.99 Å². The Hall–Kier alpha value is -4.05. The molecule has 0 fully saturated rings. The van der Waals surface area contributed by atoms with E-state index in [1.807, 2.05) is 37.3 Å². The minimum atomic E-state index is -0.717. The van der Waals surface area contributed by atoms with Crippen LogP contribution in [0.3, 0.4) is 0 Å². The lowest BCUT2D eigenvalue weighted by Crippen LogP contribution is -2.21. The van der Waals surface area contributed by atoms with Crippen LogP contribution < -0.4 is 0 Å². The molecule has 3 N–H and O–H groups in total. The van der Waals surface area contributed by atoms with E-state index >= 15 is 0 Å². The number of aryl methyl sites for hydroxylation is 1. The van der Waals surface area contributed by atoms with Gasteiger partial charge in [0.05, 0.1) is 5.69 Å². The minimum absolute atomic E-state index is 0.0691. The molecule has 0 atom stereocenters. The van der Waals surface area contributed by atoms with Gasteiger partial charge >= 0.3 is 0 Å². The van der Waals surface area contributed by atoms with Crippen molar-refractivity contribution in [2.24, 2.45) is 4.99 Å². The molecule has 0 heterocycles. The second kappa shape index (κ2) is 13.5. The SMILES string of the molecule is Cc1ccc(N=Cc2cc(C(C)(C)C)cc(C(c3cc(C(C)(C)C)cc(C(C)(C)C)c3O)c3cc(C(C)(C)C)cc(C(C)(C)C)c3O)c2O)cc1. The fourth-order valence-corrected chi connectivity index (χ4v) is 6.47. The third-order valence-corrected chi connectivity index (χ3v) is 9.98. The first-order valence-electron chi connectivity index (χ1n) is 18.3. The van der Waals surface area contributed by atoms with E-state index in [0.717, 1.165) is 39.1 Å². The summed E-state index contributed by atoms with van der Waals surface area (Å²) in [6.45, 7) is 34.2. The Labute approximate surface area is 308 Å². The van der Waals surface area contributed by atoms with E-state index in [1.54, 1.807) is 6.21 Å². The molecule has 0 saturated heterocycles. The Morgan fingerprint density at radius 3 is 1.18 bits per heavy atom. The summed E-state index contributed by atoms with van der Waals surface area (Å²) in [5.41, 5.74) is 7.71.